The van der Waals surface area contributed by atoms with Gasteiger partial charge in [-0.05, 0) is 36.8 Å². The van der Waals surface area contributed by atoms with Gasteiger partial charge in [0.25, 0.3) is 0 Å². The maximum Gasteiger partial charge on any atom is 0.325 e. The highest BCUT2D eigenvalue weighted by Gasteiger charge is 2.35. The van der Waals surface area contributed by atoms with Gasteiger partial charge >= 0.3 is 5.97 Å². The molecular weight excluding hydrogens is 394 g/mol. The predicted molar refractivity (Wildman–Crippen MR) is 119 cm³/mol. The number of carbonyl (C=O) groups is 1. The molecule has 164 valence electrons. The maximum atomic E-state index is 11.8. The molecule has 0 spiro atoms. The van der Waals surface area contributed by atoms with Gasteiger partial charge in [-0.15, -0.1) is 0 Å². The third kappa shape index (κ3) is 6.48. The summed E-state index contributed by atoms with van der Waals surface area (Å²) in [6.07, 6.45) is 1.50. The van der Waals surface area contributed by atoms with Gasteiger partial charge in [0, 0.05) is 50.5 Å². The van der Waals surface area contributed by atoms with E-state index in [1.807, 2.05) is 48.5 Å². The molecule has 1 N–H and O–H groups in total. The van der Waals surface area contributed by atoms with Gasteiger partial charge in [-0.2, -0.15) is 0 Å². The van der Waals surface area contributed by atoms with E-state index in [0.717, 1.165) is 29.7 Å². The Balaban J connectivity index is 1.78. The first-order valence-corrected chi connectivity index (χ1v) is 10.5. The lowest BCUT2D eigenvalue weighted by Crippen LogP contribution is -2.35. The van der Waals surface area contributed by atoms with Crippen LogP contribution in [0.15, 0.2) is 48.5 Å². The van der Waals surface area contributed by atoms with Gasteiger partial charge in [-0.1, -0.05) is 30.0 Å². The Bertz CT molecular complexity index is 910. The number of hydrogen-bond acceptors (Lipinski definition) is 6. The molecule has 0 aliphatic carbocycles. The van der Waals surface area contributed by atoms with Crippen molar-refractivity contribution in [3.05, 3.63) is 59.7 Å². The highest BCUT2D eigenvalue weighted by Crippen LogP contribution is 2.38. The largest absolute Gasteiger partial charge is 0.481 e. The van der Waals surface area contributed by atoms with Crippen molar-refractivity contribution in [2.45, 2.75) is 25.4 Å². The number of hydrogen-bond donors (Lipinski definition) is 1. The number of esters is 1. The van der Waals surface area contributed by atoms with Crippen LogP contribution in [0.5, 0.6) is 5.75 Å². The lowest BCUT2D eigenvalue weighted by atomic mass is 9.85. The number of anilines is 1. The zero-order chi connectivity index (χ0) is 21.9. The minimum absolute atomic E-state index is 0.0770. The quantitative estimate of drug-likeness (QED) is 0.515. The molecule has 0 radical (unpaired) electrons. The number of nitrogens with one attached hydrogen (secondary N) is 1. The van der Waals surface area contributed by atoms with Crippen molar-refractivity contribution >= 4 is 11.7 Å². The Morgan fingerprint density at radius 3 is 2.65 bits per heavy atom. The number of ether oxygens (including phenoxy) is 4. The number of methoxy groups -OCH3 is 1. The van der Waals surface area contributed by atoms with Gasteiger partial charge in [-0.25, -0.2) is 0 Å². The van der Waals surface area contributed by atoms with Crippen molar-refractivity contribution in [3.8, 4) is 17.6 Å². The fraction of sp³-hybridized carbons (Fsp3) is 0.400. The molecule has 0 unspecified atom stereocenters. The molecule has 3 rings (SSSR count). The summed E-state index contributed by atoms with van der Waals surface area (Å²) in [5, 5.41) is 3.13. The summed E-state index contributed by atoms with van der Waals surface area (Å²) in [7, 11) is 1.72. The monoisotopic (exact) mass is 423 g/mol. The van der Waals surface area contributed by atoms with E-state index in [4.69, 9.17) is 18.9 Å². The zero-order valence-electron chi connectivity index (χ0n) is 18.1. The summed E-state index contributed by atoms with van der Waals surface area (Å²) in [6, 6.07) is 15.6. The van der Waals surface area contributed by atoms with E-state index < -0.39 is 5.60 Å². The van der Waals surface area contributed by atoms with Crippen LogP contribution in [-0.2, 0) is 24.6 Å². The van der Waals surface area contributed by atoms with Crippen LogP contribution in [0.1, 0.15) is 30.9 Å². The number of benzene rings is 2. The van der Waals surface area contributed by atoms with Crippen molar-refractivity contribution in [1.82, 2.24) is 0 Å². The lowest BCUT2D eigenvalue weighted by Gasteiger charge is -2.36. The third-order valence-corrected chi connectivity index (χ3v) is 5.18. The van der Waals surface area contributed by atoms with Crippen molar-refractivity contribution in [2.75, 3.05) is 45.4 Å². The Labute approximate surface area is 183 Å². The molecule has 0 amide bonds. The maximum absolute atomic E-state index is 11.8. The predicted octanol–water partition coefficient (Wildman–Crippen LogP) is 3.74. The van der Waals surface area contributed by atoms with E-state index >= 15 is 0 Å². The highest BCUT2D eigenvalue weighted by atomic mass is 16.5. The second kappa shape index (κ2) is 11.4. The molecule has 1 aliphatic rings. The van der Waals surface area contributed by atoms with E-state index in [1.165, 1.54) is 0 Å². The van der Waals surface area contributed by atoms with Gasteiger partial charge in [0.2, 0.25) is 0 Å². The summed E-state index contributed by atoms with van der Waals surface area (Å²) in [5.41, 5.74) is 2.24. The molecule has 1 heterocycles. The summed E-state index contributed by atoms with van der Waals surface area (Å²) < 4.78 is 22.4. The Morgan fingerprint density at radius 1 is 1.16 bits per heavy atom. The molecule has 0 saturated carbocycles. The molecule has 0 aromatic heterocycles. The van der Waals surface area contributed by atoms with E-state index in [2.05, 4.69) is 17.2 Å². The van der Waals surface area contributed by atoms with E-state index in [0.29, 0.717) is 25.6 Å². The van der Waals surface area contributed by atoms with Crippen LogP contribution in [0.25, 0.3) is 0 Å². The molecule has 6 nitrogen and oxygen atoms in total. The molecular formula is C25H29NO5. The Morgan fingerprint density at radius 2 is 1.94 bits per heavy atom. The van der Waals surface area contributed by atoms with Crippen LogP contribution in [0, 0.1) is 11.8 Å². The van der Waals surface area contributed by atoms with Gasteiger partial charge in [0.1, 0.15) is 18.9 Å². The standard InChI is InChI=1S/C25H29NO5/c1-3-30-24(27)19-26-22-16-21(25(28-2)11-14-29-15-12-25)17-23(18-22)31-13-7-10-20-8-5-4-6-9-20/h4-6,8-9,16-18,26H,3,11-15,19H2,1-2H3. The first kappa shape index (κ1) is 22.7. The van der Waals surface area contributed by atoms with E-state index in [-0.39, 0.29) is 19.1 Å². The SMILES string of the molecule is CCOC(=O)CNc1cc(OCC#Cc2ccccc2)cc(C2(OC)CCOCC2)c1. The average Bonchev–Trinajstić information content (AvgIpc) is 2.82. The number of rotatable bonds is 8. The van der Waals surface area contributed by atoms with Gasteiger partial charge in [-0.3, -0.25) is 4.79 Å². The van der Waals surface area contributed by atoms with Crippen molar-refractivity contribution in [3.63, 3.8) is 0 Å². The van der Waals surface area contributed by atoms with E-state index in [1.54, 1.807) is 14.0 Å². The normalized spacial score (nSPS) is 14.8. The van der Waals surface area contributed by atoms with Crippen molar-refractivity contribution in [2.24, 2.45) is 0 Å². The minimum atomic E-state index is -0.451. The fourth-order valence-corrected chi connectivity index (χ4v) is 3.52. The molecule has 0 atom stereocenters. The summed E-state index contributed by atoms with van der Waals surface area (Å²) in [4.78, 5) is 11.8. The summed E-state index contributed by atoms with van der Waals surface area (Å²) in [5.74, 6) is 6.48. The lowest BCUT2D eigenvalue weighted by molar-refractivity contribution is -0.140. The molecule has 1 saturated heterocycles. The minimum Gasteiger partial charge on any atom is -0.481 e. The van der Waals surface area contributed by atoms with Crippen LogP contribution in [0.3, 0.4) is 0 Å². The molecule has 1 fully saturated rings. The molecule has 1 aliphatic heterocycles. The average molecular weight is 424 g/mol. The second-order valence-corrected chi connectivity index (χ2v) is 7.17. The van der Waals surface area contributed by atoms with Crippen molar-refractivity contribution in [1.29, 1.82) is 0 Å². The molecule has 2 aromatic carbocycles. The topological polar surface area (TPSA) is 66.0 Å². The van der Waals surface area contributed by atoms with Crippen LogP contribution in [-0.4, -0.2) is 46.1 Å². The van der Waals surface area contributed by atoms with Crippen molar-refractivity contribution < 1.29 is 23.7 Å². The zero-order valence-corrected chi connectivity index (χ0v) is 18.1. The van der Waals surface area contributed by atoms with Crippen LogP contribution < -0.4 is 10.1 Å². The Kier molecular flexibility index (Phi) is 8.34. The molecule has 2 aromatic rings. The molecule has 31 heavy (non-hydrogen) atoms. The Hall–Kier alpha value is -3.01. The summed E-state index contributed by atoms with van der Waals surface area (Å²) in [6.45, 7) is 3.72. The van der Waals surface area contributed by atoms with Crippen LogP contribution >= 0.6 is 0 Å². The first-order chi connectivity index (χ1) is 15.1. The first-order valence-electron chi connectivity index (χ1n) is 10.5. The molecule has 0 bridgehead atoms. The van der Waals surface area contributed by atoms with Crippen LogP contribution in [0.4, 0.5) is 5.69 Å². The summed E-state index contributed by atoms with van der Waals surface area (Å²) >= 11 is 0. The van der Waals surface area contributed by atoms with Gasteiger partial charge in [0.05, 0.1) is 12.2 Å². The third-order valence-electron chi connectivity index (χ3n) is 5.18. The van der Waals surface area contributed by atoms with Gasteiger partial charge in [0.15, 0.2) is 0 Å². The van der Waals surface area contributed by atoms with E-state index in [9.17, 15) is 4.79 Å². The highest BCUT2D eigenvalue weighted by molar-refractivity contribution is 5.75. The number of carbonyl (C=O) groups excluding carboxylic acids is 1. The smallest absolute Gasteiger partial charge is 0.325 e. The molecule has 6 heteroatoms. The second-order valence-electron chi connectivity index (χ2n) is 7.17. The van der Waals surface area contributed by atoms with Gasteiger partial charge < -0.3 is 24.3 Å². The van der Waals surface area contributed by atoms with Crippen LogP contribution in [0.2, 0.25) is 0 Å². The fourth-order valence-electron chi connectivity index (χ4n) is 3.52.